The summed E-state index contributed by atoms with van der Waals surface area (Å²) in [6, 6.07) is 48.2. The summed E-state index contributed by atoms with van der Waals surface area (Å²) in [5.41, 5.74) is 50.1. The number of pyridine rings is 1. The number of nitrogen functional groups attached to an aromatic ring is 7. The quantitative estimate of drug-likeness (QED) is 0.0391. The minimum atomic E-state index is -0.931. The van der Waals surface area contributed by atoms with Gasteiger partial charge in [0.05, 0.1) is 22.5 Å². The van der Waals surface area contributed by atoms with Gasteiger partial charge in [-0.15, -0.1) is 12.4 Å². The summed E-state index contributed by atoms with van der Waals surface area (Å²) in [7, 11) is 14.0. The van der Waals surface area contributed by atoms with Gasteiger partial charge in [0.25, 0.3) is 0 Å². The Kier molecular flexibility index (Phi) is 28.0. The van der Waals surface area contributed by atoms with Crippen molar-refractivity contribution in [3.63, 3.8) is 0 Å². The summed E-state index contributed by atoms with van der Waals surface area (Å²) in [6.45, 7) is 2.07. The van der Waals surface area contributed by atoms with E-state index in [2.05, 4.69) is 72.5 Å². The van der Waals surface area contributed by atoms with Crippen molar-refractivity contribution in [1.29, 1.82) is 0 Å². The van der Waals surface area contributed by atoms with Crippen LogP contribution in [-0.4, -0.2) is 83.0 Å². The number of aromatic nitrogens is 5. The number of fused-ring (bicyclic) bond motifs is 1. The predicted octanol–water partition coefficient (Wildman–Crippen LogP) is 6.70. The molecular weight excluding hydrogens is 1040 g/mol. The number of hydrogen-bond donors (Lipinski definition) is 9. The van der Waals surface area contributed by atoms with E-state index in [1.807, 2.05) is 91.0 Å². The largest absolute Gasteiger partial charge is 0.478 e. The molecule has 0 atom stereocenters. The van der Waals surface area contributed by atoms with Gasteiger partial charge < -0.3 is 56.0 Å². The summed E-state index contributed by atoms with van der Waals surface area (Å²) in [5.74, 6) is 0.264. The molecule has 0 aliphatic rings. The fourth-order valence-electron chi connectivity index (χ4n) is 6.86. The molecule has 25 heteroatoms. The molecule has 0 unspecified atom stereocenters. The van der Waals surface area contributed by atoms with Crippen LogP contribution in [0, 0.1) is 6.92 Å². The average molecular weight is 1100 g/mol. The molecule has 0 aliphatic heterocycles. The van der Waals surface area contributed by atoms with E-state index in [1.54, 1.807) is 48.7 Å². The smallest absolute Gasteiger partial charge is 0.373 e. The molecule has 0 saturated carbocycles. The molecule has 0 amide bonds. The summed E-state index contributed by atoms with van der Waals surface area (Å²) in [5, 5.41) is 13.6. The summed E-state index contributed by atoms with van der Waals surface area (Å²) >= 11 is 5.59. The van der Waals surface area contributed by atoms with E-state index in [4.69, 9.17) is 66.4 Å². The Morgan fingerprint density at radius 3 is 1.58 bits per heavy atom. The standard InChI is InChI=1S/C29H26N6O.C11H12N4.C7H7NO2.C6H7ClN2.CO2.B4.ClH.H2O.H2/c1-18-2-11-25-24(14-18)26(12-13-32-25)33-22-9-5-20(6-10-22)16-27(36)21-7-3-19(4-8-21)15-23-17-28(30)35-29(31)34-23;12-10-7-9(14-11(13)15-10)6-8-4-2-1-3-5-8;8-6-3-1-5(2-4-6)7(9)10;7-4-1-5(8)3-6(9)2-4;2-1-3;1-4(2)3;;;/h2-14,17H,15-16H2,1H3,(H,32,33)(H4,30,31,34,35);1-5,7H,6H2,(H4,12,13,14,15);1-4H,8H2,(H,9,10);1-3H,8-9H2;;;1H;1H2;1H/i;;;;;;;;1+1. The second-order valence-electron chi connectivity index (χ2n) is 16.5. The van der Waals surface area contributed by atoms with Gasteiger partial charge in [0.2, 0.25) is 11.9 Å². The molecule has 9 rings (SSSR count). The number of halogens is 2. The van der Waals surface area contributed by atoms with E-state index in [-0.39, 0.29) is 48.7 Å². The van der Waals surface area contributed by atoms with Crippen LogP contribution in [0.4, 0.5) is 52.0 Å². The number of ketones is 1. The molecule has 18 N–H and O–H groups in total. The minimum Gasteiger partial charge on any atom is -0.478 e. The maximum atomic E-state index is 12.9. The number of rotatable bonds is 10. The number of carboxylic acids is 1. The zero-order chi connectivity index (χ0) is 56.4. The third kappa shape index (κ3) is 24.4. The summed E-state index contributed by atoms with van der Waals surface area (Å²) in [4.78, 5) is 59.8. The first-order valence-corrected chi connectivity index (χ1v) is 23.4. The van der Waals surface area contributed by atoms with Crippen molar-refractivity contribution in [3.05, 3.63) is 214 Å². The highest BCUT2D eigenvalue weighted by Gasteiger charge is 2.10. The van der Waals surface area contributed by atoms with Crippen molar-refractivity contribution in [2.24, 2.45) is 0 Å². The fraction of sp³-hybridized carbons (Fsp3) is 0.0741. The molecule has 400 valence electrons. The molecule has 0 spiro atoms. The number of nitrogens with zero attached hydrogens (tertiary/aromatic N) is 5. The van der Waals surface area contributed by atoms with Gasteiger partial charge in [0, 0.05) is 113 Å². The normalized spacial score (nSPS) is 9.54. The van der Waals surface area contributed by atoms with Gasteiger partial charge in [-0.2, -0.15) is 19.6 Å². The number of benzene rings is 6. The Labute approximate surface area is 473 Å². The second-order valence-corrected chi connectivity index (χ2v) is 17.0. The topological polar surface area (TPSA) is 379 Å². The highest BCUT2D eigenvalue weighted by Crippen LogP contribution is 2.27. The van der Waals surface area contributed by atoms with E-state index < -0.39 is 12.4 Å². The molecule has 0 fully saturated rings. The van der Waals surface area contributed by atoms with Crippen LogP contribution in [0.15, 0.2) is 164 Å². The van der Waals surface area contributed by atoms with Crippen molar-refractivity contribution < 1.29 is 31.2 Å². The van der Waals surface area contributed by atoms with E-state index in [9.17, 15) is 9.59 Å². The Morgan fingerprint density at radius 2 is 1.10 bits per heavy atom. The zero-order valence-corrected chi connectivity index (χ0v) is 44.2. The second kappa shape index (κ2) is 33.6. The summed E-state index contributed by atoms with van der Waals surface area (Å²) < 4.78 is 0. The highest BCUT2D eigenvalue weighted by molar-refractivity contribution is 7.49. The molecule has 0 bridgehead atoms. The Hall–Kier alpha value is -9.39. The van der Waals surface area contributed by atoms with Crippen molar-refractivity contribution in [1.82, 2.24) is 24.9 Å². The lowest BCUT2D eigenvalue weighted by atomic mass is 9.08. The van der Waals surface area contributed by atoms with Crippen LogP contribution in [0.3, 0.4) is 0 Å². The molecule has 19 nitrogen and oxygen atoms in total. The van der Waals surface area contributed by atoms with Crippen LogP contribution in [0.1, 0.15) is 55.8 Å². The number of carboxylic acid groups (broad SMARTS) is 1. The maximum Gasteiger partial charge on any atom is 0.373 e. The van der Waals surface area contributed by atoms with Gasteiger partial charge in [-0.25, -0.2) is 14.8 Å². The lowest BCUT2D eigenvalue weighted by molar-refractivity contribution is -0.191. The molecule has 9 aromatic rings. The van der Waals surface area contributed by atoms with Crippen LogP contribution in [0.5, 0.6) is 0 Å². The van der Waals surface area contributed by atoms with Crippen molar-refractivity contribution in [3.8, 4) is 0 Å². The number of nitrogens with one attached hydrogen (secondary N) is 1. The SMILES string of the molecule is Cc1ccc2nccc(Nc3ccc(CC(=O)c4ccc(Cc5cc(N)nc(N)n5)cc4)cc3)c2c1.Cl.Nc1cc(Cc2ccccc2)nc(N)n1.Nc1cc(N)cc(Cl)c1.Nc1ccc(C(=O)O)cc1.O.O=C=O.[2HH].[B]B([B])[B]. The van der Waals surface area contributed by atoms with E-state index in [0.29, 0.717) is 52.1 Å². The molecular formula is C54H57B4Cl2N13O6. The van der Waals surface area contributed by atoms with Gasteiger partial charge in [-0.3, -0.25) is 9.78 Å². The van der Waals surface area contributed by atoms with Gasteiger partial charge >= 0.3 is 12.1 Å². The van der Waals surface area contributed by atoms with E-state index in [0.717, 1.165) is 51.2 Å². The van der Waals surface area contributed by atoms with Crippen LogP contribution in [0.2, 0.25) is 5.02 Å². The molecule has 3 heterocycles. The lowest BCUT2D eigenvalue weighted by Gasteiger charge is -2.11. The molecule has 0 saturated heterocycles. The highest BCUT2D eigenvalue weighted by atomic mass is 35.5. The van der Waals surface area contributed by atoms with Crippen molar-refractivity contribution in [2.75, 3.05) is 45.5 Å². The number of hydrogen-bond acceptors (Lipinski definition) is 17. The van der Waals surface area contributed by atoms with Gasteiger partial charge in [-0.1, -0.05) is 90.0 Å². The van der Waals surface area contributed by atoms with E-state index >= 15 is 0 Å². The zero-order valence-electron chi connectivity index (χ0n) is 42.7. The van der Waals surface area contributed by atoms with Gasteiger partial charge in [0.1, 0.15) is 11.6 Å². The number of nitrogens with two attached hydrogens (primary N) is 7. The third-order valence-electron chi connectivity index (χ3n) is 10.1. The van der Waals surface area contributed by atoms with Gasteiger partial charge in [-0.05, 0) is 96.4 Å². The Bertz CT molecular complexity index is 3300. The lowest BCUT2D eigenvalue weighted by Crippen LogP contribution is -2.11. The van der Waals surface area contributed by atoms with Crippen LogP contribution >= 0.6 is 24.0 Å². The summed E-state index contributed by atoms with van der Waals surface area (Å²) in [6.07, 6.45) is 3.00. The number of carbonyl (C=O) groups excluding carboxylic acids is 3. The third-order valence-corrected chi connectivity index (χ3v) is 10.3. The molecule has 6 radical (unpaired) electrons. The first-order chi connectivity index (χ1) is 36.7. The van der Waals surface area contributed by atoms with Crippen LogP contribution < -0.4 is 45.5 Å². The number of aryl methyl sites for hydroxylation is 1. The molecule has 6 aromatic carbocycles. The first-order valence-electron chi connectivity index (χ1n) is 23.0. The van der Waals surface area contributed by atoms with Crippen LogP contribution in [0.25, 0.3) is 10.9 Å². The molecule has 0 aliphatic carbocycles. The van der Waals surface area contributed by atoms with Gasteiger partial charge in [0.15, 0.2) is 5.78 Å². The molecule has 79 heavy (non-hydrogen) atoms. The number of aromatic carboxylic acids is 1. The average Bonchev–Trinajstić information content (AvgIpc) is 3.35. The molecule has 3 aromatic heterocycles. The number of carbonyl (C=O) groups is 2. The van der Waals surface area contributed by atoms with Crippen molar-refractivity contribution >= 4 is 134 Å². The Balaban J connectivity index is 0.000000596. The van der Waals surface area contributed by atoms with Crippen molar-refractivity contribution in [2.45, 2.75) is 26.2 Å². The number of anilines is 9. The van der Waals surface area contributed by atoms with E-state index in [1.165, 1.54) is 23.3 Å². The maximum absolute atomic E-state index is 12.9. The van der Waals surface area contributed by atoms with Crippen LogP contribution in [-0.2, 0) is 28.9 Å². The predicted molar refractivity (Wildman–Crippen MR) is 324 cm³/mol. The fourth-order valence-corrected chi connectivity index (χ4v) is 7.11. The number of Topliss-reactive ketones (excluding diaryl/α,β-unsaturated/α-hetero) is 1. The minimum absolute atomic E-state index is 0. The Morgan fingerprint density at radius 1 is 0.620 bits per heavy atom. The monoisotopic (exact) mass is 1100 g/mol. The first kappa shape index (κ1) is 65.7.